The van der Waals surface area contributed by atoms with Crippen molar-refractivity contribution in [2.24, 2.45) is 0 Å². The summed E-state index contributed by atoms with van der Waals surface area (Å²) in [6.45, 7) is 3.81. The molecule has 0 spiro atoms. The second kappa shape index (κ2) is 7.49. The molecule has 0 radical (unpaired) electrons. The molecular formula is C19H15ClN6OS. The Labute approximate surface area is 170 Å². The van der Waals surface area contributed by atoms with Gasteiger partial charge < -0.3 is 0 Å². The summed E-state index contributed by atoms with van der Waals surface area (Å²) < 4.78 is 5.98. The van der Waals surface area contributed by atoms with Gasteiger partial charge in [0, 0.05) is 22.1 Å². The molecule has 1 N–H and O–H groups in total. The lowest BCUT2D eigenvalue weighted by atomic mass is 10.1. The van der Waals surface area contributed by atoms with Crippen LogP contribution in [0.5, 0.6) is 0 Å². The van der Waals surface area contributed by atoms with E-state index in [-0.39, 0.29) is 5.91 Å². The first-order valence-electron chi connectivity index (χ1n) is 8.41. The van der Waals surface area contributed by atoms with Crippen molar-refractivity contribution in [2.75, 3.05) is 5.32 Å². The molecule has 2 aromatic carbocycles. The van der Waals surface area contributed by atoms with Gasteiger partial charge in [0.2, 0.25) is 5.13 Å². The van der Waals surface area contributed by atoms with Crippen LogP contribution in [0.4, 0.5) is 5.13 Å². The number of aromatic nitrogens is 5. The largest absolute Gasteiger partial charge is 0.297 e. The fourth-order valence-corrected chi connectivity index (χ4v) is 3.47. The van der Waals surface area contributed by atoms with Crippen LogP contribution in [0, 0.1) is 13.8 Å². The third-order valence-electron chi connectivity index (χ3n) is 4.09. The molecule has 4 rings (SSSR count). The normalized spacial score (nSPS) is 10.8. The van der Waals surface area contributed by atoms with Crippen molar-refractivity contribution in [3.8, 4) is 17.2 Å². The number of nitrogens with zero attached hydrogens (tertiary/aromatic N) is 5. The van der Waals surface area contributed by atoms with Gasteiger partial charge in [0.15, 0.2) is 11.5 Å². The first kappa shape index (κ1) is 18.3. The van der Waals surface area contributed by atoms with Crippen molar-refractivity contribution >= 4 is 34.2 Å². The molecule has 140 valence electrons. The number of carbonyl (C=O) groups is 1. The number of hydrogen-bond acceptors (Lipinski definition) is 6. The highest BCUT2D eigenvalue weighted by Crippen LogP contribution is 2.24. The Balaban J connectivity index is 1.57. The smallest absolute Gasteiger partial charge is 0.257 e. The van der Waals surface area contributed by atoms with Crippen LogP contribution in [0.15, 0.2) is 48.5 Å². The van der Waals surface area contributed by atoms with Gasteiger partial charge in [0.25, 0.3) is 5.91 Å². The molecule has 0 atom stereocenters. The maximum atomic E-state index is 12.4. The van der Waals surface area contributed by atoms with Gasteiger partial charge in [-0.15, -0.1) is 5.10 Å². The molecule has 2 aromatic heterocycles. The van der Waals surface area contributed by atoms with Crippen LogP contribution in [0.25, 0.3) is 17.2 Å². The van der Waals surface area contributed by atoms with E-state index in [4.69, 9.17) is 11.6 Å². The van der Waals surface area contributed by atoms with E-state index in [0.717, 1.165) is 28.5 Å². The molecule has 7 nitrogen and oxygen atoms in total. The van der Waals surface area contributed by atoms with Gasteiger partial charge in [-0.25, -0.2) is 4.68 Å². The lowest BCUT2D eigenvalue weighted by Gasteiger charge is -2.03. The van der Waals surface area contributed by atoms with E-state index in [1.807, 2.05) is 44.2 Å². The fraction of sp³-hybridized carbons (Fsp3) is 0.105. The average Bonchev–Trinajstić information content (AvgIpc) is 3.28. The van der Waals surface area contributed by atoms with Crippen molar-refractivity contribution in [1.82, 2.24) is 24.4 Å². The molecule has 0 saturated heterocycles. The molecule has 0 aliphatic rings. The predicted octanol–water partition coefficient (Wildman–Crippen LogP) is 4.31. The highest BCUT2D eigenvalue weighted by Gasteiger charge is 2.18. The molecule has 28 heavy (non-hydrogen) atoms. The maximum absolute atomic E-state index is 12.4. The maximum Gasteiger partial charge on any atom is 0.257 e. The van der Waals surface area contributed by atoms with Crippen LogP contribution in [0.2, 0.25) is 5.02 Å². The summed E-state index contributed by atoms with van der Waals surface area (Å²) in [4.78, 5) is 16.8. The van der Waals surface area contributed by atoms with Gasteiger partial charge in [-0.05, 0) is 44.2 Å². The first-order chi connectivity index (χ1) is 13.5. The zero-order valence-corrected chi connectivity index (χ0v) is 16.6. The standard InChI is InChI=1S/C19H15ClN6OS/c1-11-5-3-6-13(9-11)18(27)22-19-21-17(24-28-19)16-12(2)26(25-23-16)15-8-4-7-14(20)10-15/h3-10H,1-2H3,(H,21,22,24,27). The van der Waals surface area contributed by atoms with E-state index in [0.29, 0.717) is 27.2 Å². The number of hydrogen-bond donors (Lipinski definition) is 1. The van der Waals surface area contributed by atoms with Crippen LogP contribution in [-0.2, 0) is 0 Å². The number of aryl methyl sites for hydroxylation is 1. The monoisotopic (exact) mass is 410 g/mol. The second-order valence-electron chi connectivity index (χ2n) is 6.16. The Bertz CT molecular complexity index is 1170. The third kappa shape index (κ3) is 3.64. The van der Waals surface area contributed by atoms with Gasteiger partial charge in [-0.1, -0.05) is 40.6 Å². The van der Waals surface area contributed by atoms with Gasteiger partial charge in [-0.3, -0.25) is 10.1 Å². The fourth-order valence-electron chi connectivity index (χ4n) is 2.71. The van der Waals surface area contributed by atoms with E-state index in [9.17, 15) is 4.79 Å². The van der Waals surface area contributed by atoms with E-state index in [2.05, 4.69) is 25.0 Å². The summed E-state index contributed by atoms with van der Waals surface area (Å²) in [6.07, 6.45) is 0. The first-order valence-corrected chi connectivity index (χ1v) is 9.57. The van der Waals surface area contributed by atoms with Crippen molar-refractivity contribution in [2.45, 2.75) is 13.8 Å². The molecule has 9 heteroatoms. The van der Waals surface area contributed by atoms with E-state index >= 15 is 0 Å². The van der Waals surface area contributed by atoms with Crippen LogP contribution < -0.4 is 5.32 Å². The van der Waals surface area contributed by atoms with E-state index in [1.54, 1.807) is 22.9 Å². The molecule has 0 aliphatic heterocycles. The summed E-state index contributed by atoms with van der Waals surface area (Å²) >= 11 is 7.15. The van der Waals surface area contributed by atoms with Gasteiger partial charge in [0.05, 0.1) is 11.4 Å². The van der Waals surface area contributed by atoms with Gasteiger partial charge >= 0.3 is 0 Å². The molecule has 0 fully saturated rings. The number of nitrogens with one attached hydrogen (secondary N) is 1. The Kier molecular flexibility index (Phi) is 4.89. The zero-order chi connectivity index (χ0) is 19.7. The Hall–Kier alpha value is -3.10. The average molecular weight is 411 g/mol. The topological polar surface area (TPSA) is 85.6 Å². The van der Waals surface area contributed by atoms with Gasteiger partial charge in [0.1, 0.15) is 0 Å². The molecule has 0 bridgehead atoms. The Morgan fingerprint density at radius 3 is 2.75 bits per heavy atom. The van der Waals surface area contributed by atoms with Crippen molar-refractivity contribution in [3.05, 3.63) is 70.4 Å². The minimum absolute atomic E-state index is 0.231. The minimum Gasteiger partial charge on any atom is -0.297 e. The van der Waals surface area contributed by atoms with Crippen molar-refractivity contribution in [1.29, 1.82) is 0 Å². The zero-order valence-electron chi connectivity index (χ0n) is 15.0. The number of rotatable bonds is 4. The van der Waals surface area contributed by atoms with E-state index in [1.165, 1.54) is 0 Å². The van der Waals surface area contributed by atoms with Crippen LogP contribution >= 0.6 is 23.1 Å². The Morgan fingerprint density at radius 1 is 1.14 bits per heavy atom. The Morgan fingerprint density at radius 2 is 1.96 bits per heavy atom. The number of anilines is 1. The number of benzene rings is 2. The molecule has 0 unspecified atom stereocenters. The summed E-state index contributed by atoms with van der Waals surface area (Å²) in [7, 11) is 0. The lowest BCUT2D eigenvalue weighted by molar-refractivity contribution is 0.102. The summed E-state index contributed by atoms with van der Waals surface area (Å²) in [5, 5.41) is 12.2. The summed E-state index contributed by atoms with van der Waals surface area (Å²) in [5.74, 6) is 0.182. The second-order valence-corrected chi connectivity index (χ2v) is 7.35. The number of halogens is 1. The summed E-state index contributed by atoms with van der Waals surface area (Å²) in [5.41, 5.74) is 3.70. The number of carbonyl (C=O) groups excluding carboxylic acids is 1. The molecule has 0 aliphatic carbocycles. The SMILES string of the molecule is Cc1cccc(C(=O)Nc2nc(-c3nnn(-c4cccc(Cl)c4)c3C)ns2)c1. The van der Waals surface area contributed by atoms with Gasteiger partial charge in [-0.2, -0.15) is 9.36 Å². The molecule has 4 aromatic rings. The molecular weight excluding hydrogens is 396 g/mol. The molecule has 0 saturated carbocycles. The van der Waals surface area contributed by atoms with Crippen molar-refractivity contribution in [3.63, 3.8) is 0 Å². The van der Waals surface area contributed by atoms with Crippen LogP contribution in [-0.4, -0.2) is 30.3 Å². The highest BCUT2D eigenvalue weighted by molar-refractivity contribution is 7.10. The van der Waals surface area contributed by atoms with Crippen LogP contribution in [0.1, 0.15) is 21.6 Å². The third-order valence-corrected chi connectivity index (χ3v) is 4.95. The minimum atomic E-state index is -0.231. The quantitative estimate of drug-likeness (QED) is 0.541. The summed E-state index contributed by atoms with van der Waals surface area (Å²) in [6, 6.07) is 14.7. The number of amides is 1. The predicted molar refractivity (Wildman–Crippen MR) is 109 cm³/mol. The molecule has 1 amide bonds. The van der Waals surface area contributed by atoms with Crippen LogP contribution in [0.3, 0.4) is 0 Å². The van der Waals surface area contributed by atoms with Crippen molar-refractivity contribution < 1.29 is 4.79 Å². The lowest BCUT2D eigenvalue weighted by Crippen LogP contribution is -2.11. The van der Waals surface area contributed by atoms with E-state index < -0.39 is 0 Å². The highest BCUT2D eigenvalue weighted by atomic mass is 35.5. The molecule has 2 heterocycles.